The van der Waals surface area contributed by atoms with Gasteiger partial charge in [0.05, 0.1) is 6.20 Å². The van der Waals surface area contributed by atoms with Gasteiger partial charge >= 0.3 is 0 Å². The standard InChI is InChI=1S/C17H27N5/c1-2-7-13-22(12-6-1)17-20-16(14-19-21-17)18-11-10-15-8-4-3-5-9-15/h8,14H,1-7,9-13H2,(H,18,20,21). The molecule has 0 saturated carbocycles. The maximum atomic E-state index is 4.64. The molecule has 0 unspecified atom stereocenters. The molecule has 1 fully saturated rings. The molecule has 1 aromatic rings. The van der Waals surface area contributed by atoms with E-state index in [1.54, 1.807) is 11.8 Å². The second-order valence-corrected chi connectivity index (χ2v) is 6.33. The Labute approximate surface area is 133 Å². The van der Waals surface area contributed by atoms with Gasteiger partial charge in [-0.2, -0.15) is 10.1 Å². The molecule has 5 nitrogen and oxygen atoms in total. The maximum Gasteiger partial charge on any atom is 0.247 e. The van der Waals surface area contributed by atoms with Gasteiger partial charge in [-0.15, -0.1) is 5.10 Å². The van der Waals surface area contributed by atoms with Crippen LogP contribution in [0, 0.1) is 0 Å². The third kappa shape index (κ3) is 4.42. The van der Waals surface area contributed by atoms with E-state index in [9.17, 15) is 0 Å². The van der Waals surface area contributed by atoms with Crippen LogP contribution in [0.1, 0.15) is 57.8 Å². The number of aromatic nitrogens is 3. The number of hydrogen-bond acceptors (Lipinski definition) is 5. The Morgan fingerprint density at radius 1 is 1.05 bits per heavy atom. The van der Waals surface area contributed by atoms with E-state index in [1.165, 1.54) is 51.4 Å². The third-order valence-electron chi connectivity index (χ3n) is 4.57. The molecule has 0 atom stereocenters. The number of nitrogens with one attached hydrogen (secondary N) is 1. The molecule has 0 spiro atoms. The van der Waals surface area contributed by atoms with Crippen LogP contribution in [-0.2, 0) is 0 Å². The zero-order valence-corrected chi connectivity index (χ0v) is 13.4. The lowest BCUT2D eigenvalue weighted by Gasteiger charge is -2.20. The van der Waals surface area contributed by atoms with Gasteiger partial charge in [-0.3, -0.25) is 0 Å². The van der Waals surface area contributed by atoms with Gasteiger partial charge in [-0.05, 0) is 44.9 Å². The molecule has 1 aromatic heterocycles. The van der Waals surface area contributed by atoms with Crippen LogP contribution < -0.4 is 10.2 Å². The molecule has 1 aliphatic carbocycles. The Kier molecular flexibility index (Phi) is 5.62. The van der Waals surface area contributed by atoms with Crippen LogP contribution >= 0.6 is 0 Å². The quantitative estimate of drug-likeness (QED) is 0.843. The lowest BCUT2D eigenvalue weighted by atomic mass is 9.97. The summed E-state index contributed by atoms with van der Waals surface area (Å²) in [6.45, 7) is 3.04. The summed E-state index contributed by atoms with van der Waals surface area (Å²) in [7, 11) is 0. The molecule has 1 aliphatic heterocycles. The first-order chi connectivity index (χ1) is 10.9. The lowest BCUT2D eigenvalue weighted by molar-refractivity contribution is 0.679. The van der Waals surface area contributed by atoms with Crippen LogP contribution in [0.4, 0.5) is 11.8 Å². The molecule has 0 radical (unpaired) electrons. The molecule has 2 heterocycles. The second kappa shape index (κ2) is 8.11. The monoisotopic (exact) mass is 301 g/mol. The van der Waals surface area contributed by atoms with Gasteiger partial charge < -0.3 is 10.2 Å². The number of allylic oxidation sites excluding steroid dienone is 1. The number of rotatable bonds is 5. The fourth-order valence-corrected chi connectivity index (χ4v) is 3.27. The van der Waals surface area contributed by atoms with Gasteiger partial charge in [-0.1, -0.05) is 24.5 Å². The largest absolute Gasteiger partial charge is 0.368 e. The molecule has 0 amide bonds. The molecule has 1 saturated heterocycles. The molecule has 0 aromatic carbocycles. The van der Waals surface area contributed by atoms with E-state index in [0.717, 1.165) is 37.8 Å². The number of nitrogens with zero attached hydrogens (tertiary/aromatic N) is 4. The van der Waals surface area contributed by atoms with Gasteiger partial charge in [-0.25, -0.2) is 0 Å². The summed E-state index contributed by atoms with van der Waals surface area (Å²) in [5.41, 5.74) is 1.59. The van der Waals surface area contributed by atoms with Crippen LogP contribution in [0.2, 0.25) is 0 Å². The summed E-state index contributed by atoms with van der Waals surface area (Å²) in [4.78, 5) is 6.92. The smallest absolute Gasteiger partial charge is 0.247 e. The molecule has 1 N–H and O–H groups in total. The summed E-state index contributed by atoms with van der Waals surface area (Å²) in [6, 6.07) is 0. The Balaban J connectivity index is 1.53. The molecule has 120 valence electrons. The van der Waals surface area contributed by atoms with E-state index in [0.29, 0.717) is 0 Å². The Hall–Kier alpha value is -1.65. The van der Waals surface area contributed by atoms with Crippen LogP contribution in [0.15, 0.2) is 17.8 Å². The van der Waals surface area contributed by atoms with Crippen molar-refractivity contribution >= 4 is 11.8 Å². The molecule has 0 bridgehead atoms. The Bertz CT molecular complexity index is 492. The lowest BCUT2D eigenvalue weighted by Crippen LogP contribution is -2.26. The number of hydrogen-bond donors (Lipinski definition) is 1. The van der Waals surface area contributed by atoms with Crippen molar-refractivity contribution in [2.24, 2.45) is 0 Å². The van der Waals surface area contributed by atoms with Crippen molar-refractivity contribution < 1.29 is 0 Å². The molecular weight excluding hydrogens is 274 g/mol. The van der Waals surface area contributed by atoms with E-state index in [-0.39, 0.29) is 0 Å². The van der Waals surface area contributed by atoms with E-state index >= 15 is 0 Å². The summed E-state index contributed by atoms with van der Waals surface area (Å²) in [5, 5.41) is 11.7. The molecule has 2 aliphatic rings. The minimum Gasteiger partial charge on any atom is -0.368 e. The molecule has 5 heteroatoms. The summed E-state index contributed by atoms with van der Waals surface area (Å²) in [5.74, 6) is 1.63. The minimum atomic E-state index is 0.781. The second-order valence-electron chi connectivity index (χ2n) is 6.33. The van der Waals surface area contributed by atoms with Gasteiger partial charge in [0.25, 0.3) is 0 Å². The van der Waals surface area contributed by atoms with Crippen molar-refractivity contribution in [2.45, 2.75) is 57.8 Å². The summed E-state index contributed by atoms with van der Waals surface area (Å²) >= 11 is 0. The first-order valence-electron chi connectivity index (χ1n) is 8.78. The fourth-order valence-electron chi connectivity index (χ4n) is 3.27. The maximum absolute atomic E-state index is 4.64. The highest BCUT2D eigenvalue weighted by Gasteiger charge is 2.13. The van der Waals surface area contributed by atoms with Crippen LogP contribution in [0.25, 0.3) is 0 Å². The Morgan fingerprint density at radius 2 is 1.91 bits per heavy atom. The van der Waals surface area contributed by atoms with Gasteiger partial charge in [0, 0.05) is 19.6 Å². The first kappa shape index (κ1) is 15.3. The van der Waals surface area contributed by atoms with Crippen LogP contribution in [-0.4, -0.2) is 34.8 Å². The normalized spacial score (nSPS) is 19.5. The first-order valence-corrected chi connectivity index (χ1v) is 8.78. The van der Waals surface area contributed by atoms with E-state index in [4.69, 9.17) is 0 Å². The summed E-state index contributed by atoms with van der Waals surface area (Å²) in [6.07, 6.45) is 15.6. The van der Waals surface area contributed by atoms with Gasteiger partial charge in [0.1, 0.15) is 0 Å². The zero-order valence-electron chi connectivity index (χ0n) is 13.4. The highest BCUT2D eigenvalue weighted by molar-refractivity contribution is 5.39. The van der Waals surface area contributed by atoms with Crippen molar-refractivity contribution in [2.75, 3.05) is 29.9 Å². The minimum absolute atomic E-state index is 0.781. The van der Waals surface area contributed by atoms with Gasteiger partial charge in [0.2, 0.25) is 5.95 Å². The molecule has 3 rings (SSSR count). The van der Waals surface area contributed by atoms with E-state index in [1.807, 2.05) is 0 Å². The Morgan fingerprint density at radius 3 is 2.68 bits per heavy atom. The predicted molar refractivity (Wildman–Crippen MR) is 90.2 cm³/mol. The van der Waals surface area contributed by atoms with Crippen LogP contribution in [0.5, 0.6) is 0 Å². The zero-order chi connectivity index (χ0) is 15.0. The summed E-state index contributed by atoms with van der Waals surface area (Å²) < 4.78 is 0. The van der Waals surface area contributed by atoms with Crippen molar-refractivity contribution in [3.05, 3.63) is 17.8 Å². The van der Waals surface area contributed by atoms with E-state index < -0.39 is 0 Å². The van der Waals surface area contributed by atoms with Crippen molar-refractivity contribution in [3.63, 3.8) is 0 Å². The van der Waals surface area contributed by atoms with E-state index in [2.05, 4.69) is 31.5 Å². The van der Waals surface area contributed by atoms with Crippen LogP contribution in [0.3, 0.4) is 0 Å². The van der Waals surface area contributed by atoms with Crippen molar-refractivity contribution in [1.29, 1.82) is 0 Å². The third-order valence-corrected chi connectivity index (χ3v) is 4.57. The van der Waals surface area contributed by atoms with Crippen molar-refractivity contribution in [3.8, 4) is 0 Å². The average Bonchev–Trinajstić information content (AvgIpc) is 2.85. The fraction of sp³-hybridized carbons (Fsp3) is 0.706. The van der Waals surface area contributed by atoms with Crippen molar-refractivity contribution in [1.82, 2.24) is 15.2 Å². The highest BCUT2D eigenvalue weighted by Crippen LogP contribution is 2.20. The highest BCUT2D eigenvalue weighted by atomic mass is 15.3. The SMILES string of the molecule is C1=C(CCNc2cnnc(N3CCCCCC3)n2)CCCC1. The molecule has 22 heavy (non-hydrogen) atoms. The average molecular weight is 301 g/mol. The molecular formula is C17H27N5. The topological polar surface area (TPSA) is 53.9 Å². The van der Waals surface area contributed by atoms with Gasteiger partial charge in [0.15, 0.2) is 5.82 Å². The predicted octanol–water partition coefficient (Wildman–Crippen LogP) is 3.55. The number of anilines is 2.